The van der Waals surface area contributed by atoms with Gasteiger partial charge in [0.15, 0.2) is 0 Å². The lowest BCUT2D eigenvalue weighted by Crippen LogP contribution is -2.25. The highest BCUT2D eigenvalue weighted by atomic mass is 35.5. The molecule has 3 rings (SSSR count). The van der Waals surface area contributed by atoms with Crippen LogP contribution in [0.15, 0.2) is 42.5 Å². The molecule has 0 radical (unpaired) electrons. The van der Waals surface area contributed by atoms with Crippen molar-refractivity contribution in [2.45, 2.75) is 19.9 Å². The lowest BCUT2D eigenvalue weighted by molar-refractivity contribution is -0.116. The van der Waals surface area contributed by atoms with Gasteiger partial charge in [0, 0.05) is 25.7 Å². The highest BCUT2D eigenvalue weighted by Gasteiger charge is 2.22. The molecular weight excluding hydrogens is 312 g/mol. The Kier molecular flexibility index (Phi) is 4.35. The molecule has 1 N–H and O–H groups in total. The third kappa shape index (κ3) is 3.22. The van der Waals surface area contributed by atoms with Crippen molar-refractivity contribution in [3.05, 3.63) is 64.2 Å². The number of hydrogen-bond donors (Lipinski definition) is 1. The van der Waals surface area contributed by atoms with E-state index in [-0.39, 0.29) is 11.8 Å². The molecule has 2 aromatic carbocycles. The summed E-state index contributed by atoms with van der Waals surface area (Å²) in [6.07, 6.45) is 0.848. The standard InChI is InChI=1S/C18H17ClN2O2/c1-12(22)21-9-8-14-10-13(6-7-17(14)21)11-20-18(23)15-4-2-3-5-16(15)19/h2-7,10H,8-9,11H2,1H3,(H,20,23). The highest BCUT2D eigenvalue weighted by molar-refractivity contribution is 6.33. The van der Waals surface area contributed by atoms with Gasteiger partial charge in [-0.15, -0.1) is 0 Å². The molecule has 4 nitrogen and oxygen atoms in total. The molecule has 2 amide bonds. The minimum Gasteiger partial charge on any atom is -0.348 e. The van der Waals surface area contributed by atoms with Gasteiger partial charge in [0.05, 0.1) is 10.6 Å². The van der Waals surface area contributed by atoms with Gasteiger partial charge in [0.2, 0.25) is 5.91 Å². The van der Waals surface area contributed by atoms with E-state index < -0.39 is 0 Å². The second kappa shape index (κ2) is 6.42. The van der Waals surface area contributed by atoms with Crippen molar-refractivity contribution < 1.29 is 9.59 Å². The van der Waals surface area contributed by atoms with Gasteiger partial charge in [-0.25, -0.2) is 0 Å². The first-order valence-corrected chi connectivity index (χ1v) is 7.86. The number of carbonyl (C=O) groups excluding carboxylic acids is 2. The van der Waals surface area contributed by atoms with E-state index in [1.54, 1.807) is 36.1 Å². The van der Waals surface area contributed by atoms with E-state index in [2.05, 4.69) is 5.32 Å². The molecule has 23 heavy (non-hydrogen) atoms. The van der Waals surface area contributed by atoms with Crippen molar-refractivity contribution >= 4 is 29.1 Å². The number of amides is 2. The van der Waals surface area contributed by atoms with Crippen molar-refractivity contribution in [2.24, 2.45) is 0 Å². The summed E-state index contributed by atoms with van der Waals surface area (Å²) in [5, 5.41) is 3.32. The molecule has 1 aliphatic rings. The lowest BCUT2D eigenvalue weighted by Gasteiger charge is -2.15. The normalized spacial score (nSPS) is 12.9. The van der Waals surface area contributed by atoms with Crippen molar-refractivity contribution in [1.82, 2.24) is 5.32 Å². The molecule has 0 bridgehead atoms. The van der Waals surface area contributed by atoms with Crippen LogP contribution < -0.4 is 10.2 Å². The van der Waals surface area contributed by atoms with E-state index in [0.717, 1.165) is 29.8 Å². The van der Waals surface area contributed by atoms with Crippen LogP contribution in [-0.2, 0) is 17.8 Å². The first kappa shape index (κ1) is 15.6. The maximum absolute atomic E-state index is 12.2. The summed E-state index contributed by atoms with van der Waals surface area (Å²) < 4.78 is 0. The van der Waals surface area contributed by atoms with E-state index in [9.17, 15) is 9.59 Å². The minimum absolute atomic E-state index is 0.0588. The maximum atomic E-state index is 12.2. The van der Waals surface area contributed by atoms with Gasteiger partial charge < -0.3 is 10.2 Å². The number of rotatable bonds is 3. The molecular formula is C18H17ClN2O2. The van der Waals surface area contributed by atoms with Gasteiger partial charge in [-0.1, -0.05) is 35.9 Å². The van der Waals surface area contributed by atoms with Crippen LogP contribution in [0.5, 0.6) is 0 Å². The smallest absolute Gasteiger partial charge is 0.253 e. The molecule has 0 unspecified atom stereocenters. The van der Waals surface area contributed by atoms with Crippen molar-refractivity contribution in [3.63, 3.8) is 0 Å². The quantitative estimate of drug-likeness (QED) is 0.940. The van der Waals surface area contributed by atoms with E-state index in [4.69, 9.17) is 11.6 Å². The van der Waals surface area contributed by atoms with Gasteiger partial charge in [0.25, 0.3) is 5.91 Å². The Balaban J connectivity index is 1.69. The average Bonchev–Trinajstić information content (AvgIpc) is 2.96. The van der Waals surface area contributed by atoms with Gasteiger partial charge in [0.1, 0.15) is 0 Å². The average molecular weight is 329 g/mol. The highest BCUT2D eigenvalue weighted by Crippen LogP contribution is 2.28. The molecule has 0 fully saturated rings. The number of nitrogens with zero attached hydrogens (tertiary/aromatic N) is 1. The molecule has 1 aliphatic heterocycles. The number of benzene rings is 2. The fourth-order valence-electron chi connectivity index (χ4n) is 2.82. The summed E-state index contributed by atoms with van der Waals surface area (Å²) in [5.74, 6) is -0.134. The topological polar surface area (TPSA) is 49.4 Å². The number of anilines is 1. The fourth-order valence-corrected chi connectivity index (χ4v) is 3.04. The Hall–Kier alpha value is -2.33. The van der Waals surface area contributed by atoms with Gasteiger partial charge >= 0.3 is 0 Å². The van der Waals surface area contributed by atoms with E-state index >= 15 is 0 Å². The second-order valence-electron chi connectivity index (χ2n) is 5.55. The molecule has 0 aromatic heterocycles. The van der Waals surface area contributed by atoms with Gasteiger partial charge in [-0.2, -0.15) is 0 Å². The first-order valence-electron chi connectivity index (χ1n) is 7.49. The van der Waals surface area contributed by atoms with Crippen molar-refractivity contribution in [2.75, 3.05) is 11.4 Å². The van der Waals surface area contributed by atoms with Gasteiger partial charge in [-0.05, 0) is 35.7 Å². The van der Waals surface area contributed by atoms with Crippen LogP contribution in [0.1, 0.15) is 28.4 Å². The fraction of sp³-hybridized carbons (Fsp3) is 0.222. The Morgan fingerprint density at radius 1 is 1.22 bits per heavy atom. The zero-order valence-electron chi connectivity index (χ0n) is 12.8. The van der Waals surface area contributed by atoms with Gasteiger partial charge in [-0.3, -0.25) is 9.59 Å². The van der Waals surface area contributed by atoms with Crippen LogP contribution in [0.4, 0.5) is 5.69 Å². The molecule has 1 heterocycles. The number of fused-ring (bicyclic) bond motifs is 1. The maximum Gasteiger partial charge on any atom is 0.253 e. The van der Waals surface area contributed by atoms with Crippen molar-refractivity contribution in [3.8, 4) is 0 Å². The Labute approximate surface area is 140 Å². The van der Waals surface area contributed by atoms with Crippen LogP contribution in [0.3, 0.4) is 0 Å². The van der Waals surface area contributed by atoms with Crippen LogP contribution in [-0.4, -0.2) is 18.4 Å². The predicted molar refractivity (Wildman–Crippen MR) is 90.8 cm³/mol. The number of halogens is 1. The van der Waals surface area contributed by atoms with E-state index in [0.29, 0.717) is 17.1 Å². The number of carbonyl (C=O) groups is 2. The summed E-state index contributed by atoms with van der Waals surface area (Å²) >= 11 is 6.02. The molecule has 0 spiro atoms. The van der Waals surface area contributed by atoms with E-state index in [1.807, 2.05) is 18.2 Å². The Bertz CT molecular complexity index is 773. The monoisotopic (exact) mass is 328 g/mol. The summed E-state index contributed by atoms with van der Waals surface area (Å²) in [6, 6.07) is 12.9. The van der Waals surface area contributed by atoms with E-state index in [1.165, 1.54) is 0 Å². The predicted octanol–water partition coefficient (Wildman–Crippen LogP) is 3.18. The summed E-state index contributed by atoms with van der Waals surface area (Å²) in [5.41, 5.74) is 3.59. The zero-order chi connectivity index (χ0) is 16.4. The molecule has 0 saturated carbocycles. The largest absolute Gasteiger partial charge is 0.348 e. The molecule has 5 heteroatoms. The van der Waals surface area contributed by atoms with Crippen LogP contribution in [0.2, 0.25) is 5.02 Å². The first-order chi connectivity index (χ1) is 11.1. The molecule has 0 atom stereocenters. The molecule has 0 aliphatic carbocycles. The SMILES string of the molecule is CC(=O)N1CCc2cc(CNC(=O)c3ccccc3Cl)ccc21. The van der Waals surface area contributed by atoms with Crippen LogP contribution >= 0.6 is 11.6 Å². The Morgan fingerprint density at radius 3 is 2.74 bits per heavy atom. The summed E-state index contributed by atoms with van der Waals surface area (Å²) in [4.78, 5) is 25.5. The summed E-state index contributed by atoms with van der Waals surface area (Å²) in [6.45, 7) is 2.73. The van der Waals surface area contributed by atoms with Crippen LogP contribution in [0, 0.1) is 0 Å². The second-order valence-corrected chi connectivity index (χ2v) is 5.95. The minimum atomic E-state index is -0.193. The van der Waals surface area contributed by atoms with Crippen molar-refractivity contribution in [1.29, 1.82) is 0 Å². The third-order valence-electron chi connectivity index (χ3n) is 3.99. The zero-order valence-corrected chi connectivity index (χ0v) is 13.6. The Morgan fingerprint density at radius 2 is 2.00 bits per heavy atom. The lowest BCUT2D eigenvalue weighted by atomic mass is 10.1. The summed E-state index contributed by atoms with van der Waals surface area (Å²) in [7, 11) is 0. The molecule has 118 valence electrons. The molecule has 2 aromatic rings. The van der Waals surface area contributed by atoms with Crippen LogP contribution in [0.25, 0.3) is 0 Å². The number of hydrogen-bond acceptors (Lipinski definition) is 2. The molecule has 0 saturated heterocycles. The third-order valence-corrected chi connectivity index (χ3v) is 4.32. The number of nitrogens with one attached hydrogen (secondary N) is 1.